The number of anilines is 1. The molecule has 0 spiro atoms. The second kappa shape index (κ2) is 5.80. The van der Waals surface area contributed by atoms with Crippen LogP contribution in [0.5, 0.6) is 0 Å². The van der Waals surface area contributed by atoms with Crippen LogP contribution in [0.3, 0.4) is 0 Å². The van der Waals surface area contributed by atoms with Crippen molar-refractivity contribution in [1.82, 2.24) is 0 Å². The van der Waals surface area contributed by atoms with Crippen LogP contribution in [0.25, 0.3) is 0 Å². The van der Waals surface area contributed by atoms with Gasteiger partial charge in [-0.2, -0.15) is 0 Å². The van der Waals surface area contributed by atoms with Crippen LogP contribution in [0, 0.1) is 17.5 Å². The van der Waals surface area contributed by atoms with Crippen molar-refractivity contribution >= 4 is 5.69 Å². The van der Waals surface area contributed by atoms with Gasteiger partial charge in [-0.05, 0) is 28.7 Å². The molecule has 1 nitrogen and oxygen atoms in total. The molecule has 0 saturated heterocycles. The van der Waals surface area contributed by atoms with Crippen molar-refractivity contribution in [3.05, 3.63) is 65.0 Å². The van der Waals surface area contributed by atoms with E-state index in [0.717, 1.165) is 11.6 Å². The standard InChI is InChI=1S/C17H18F3N/c1-17(2,3)12-6-4-11(5-7-12)10-21-14-9-8-13(18)15(19)16(14)20/h4-9,21H,10H2,1-3H3. The summed E-state index contributed by atoms with van der Waals surface area (Å²) in [6.07, 6.45) is 0. The fraction of sp³-hybridized carbons (Fsp3) is 0.294. The molecule has 0 amide bonds. The number of halogens is 3. The number of rotatable bonds is 3. The maximum absolute atomic E-state index is 13.5. The van der Waals surface area contributed by atoms with E-state index in [-0.39, 0.29) is 11.1 Å². The van der Waals surface area contributed by atoms with E-state index in [1.807, 2.05) is 24.3 Å². The Morgan fingerprint density at radius 1 is 0.857 bits per heavy atom. The highest BCUT2D eigenvalue weighted by atomic mass is 19.2. The summed E-state index contributed by atoms with van der Waals surface area (Å²) in [6, 6.07) is 9.99. The van der Waals surface area contributed by atoms with Gasteiger partial charge in [0, 0.05) is 6.54 Å². The molecular formula is C17H18F3N. The minimum Gasteiger partial charge on any atom is -0.379 e. The molecular weight excluding hydrogens is 275 g/mol. The Morgan fingerprint density at radius 2 is 1.48 bits per heavy atom. The Morgan fingerprint density at radius 3 is 2.05 bits per heavy atom. The number of benzene rings is 2. The molecule has 0 bridgehead atoms. The summed E-state index contributed by atoms with van der Waals surface area (Å²) < 4.78 is 39.5. The first-order chi connectivity index (χ1) is 9.79. The molecule has 0 atom stereocenters. The zero-order valence-electron chi connectivity index (χ0n) is 12.3. The summed E-state index contributed by atoms with van der Waals surface area (Å²) in [5.41, 5.74) is 2.16. The van der Waals surface area contributed by atoms with Gasteiger partial charge >= 0.3 is 0 Å². The molecule has 4 heteroatoms. The molecule has 0 saturated carbocycles. The van der Waals surface area contributed by atoms with E-state index in [2.05, 4.69) is 26.1 Å². The zero-order chi connectivity index (χ0) is 15.6. The summed E-state index contributed by atoms with van der Waals surface area (Å²) >= 11 is 0. The fourth-order valence-corrected chi connectivity index (χ4v) is 1.98. The van der Waals surface area contributed by atoms with E-state index >= 15 is 0 Å². The maximum atomic E-state index is 13.5. The first-order valence-corrected chi connectivity index (χ1v) is 6.76. The quantitative estimate of drug-likeness (QED) is 0.784. The molecule has 0 heterocycles. The predicted molar refractivity (Wildman–Crippen MR) is 78.8 cm³/mol. The minimum atomic E-state index is -1.46. The minimum absolute atomic E-state index is 0.0474. The van der Waals surface area contributed by atoms with E-state index in [4.69, 9.17) is 0 Å². The lowest BCUT2D eigenvalue weighted by Crippen LogP contribution is -2.11. The molecule has 0 radical (unpaired) electrons. The van der Waals surface area contributed by atoms with Crippen molar-refractivity contribution in [3.63, 3.8) is 0 Å². The average molecular weight is 293 g/mol. The van der Waals surface area contributed by atoms with Gasteiger partial charge in [0.25, 0.3) is 0 Å². The third kappa shape index (κ3) is 3.57. The summed E-state index contributed by atoms with van der Waals surface area (Å²) in [4.78, 5) is 0. The van der Waals surface area contributed by atoms with E-state index in [1.54, 1.807) is 0 Å². The predicted octanol–water partition coefficient (Wildman–Crippen LogP) is 5.01. The molecule has 0 aliphatic heterocycles. The Balaban J connectivity index is 2.09. The largest absolute Gasteiger partial charge is 0.379 e. The monoisotopic (exact) mass is 293 g/mol. The van der Waals surface area contributed by atoms with Gasteiger partial charge < -0.3 is 5.32 Å². The molecule has 21 heavy (non-hydrogen) atoms. The Kier molecular flexibility index (Phi) is 4.26. The van der Waals surface area contributed by atoms with Crippen molar-refractivity contribution in [3.8, 4) is 0 Å². The van der Waals surface area contributed by atoms with Crippen molar-refractivity contribution in [2.45, 2.75) is 32.7 Å². The summed E-state index contributed by atoms with van der Waals surface area (Å²) in [7, 11) is 0. The van der Waals surface area contributed by atoms with Gasteiger partial charge in [-0.1, -0.05) is 45.0 Å². The molecule has 0 aliphatic carbocycles. The van der Waals surface area contributed by atoms with Crippen LogP contribution >= 0.6 is 0 Å². The maximum Gasteiger partial charge on any atom is 0.196 e. The van der Waals surface area contributed by atoms with Crippen LogP contribution in [0.15, 0.2) is 36.4 Å². The molecule has 1 N–H and O–H groups in total. The third-order valence-electron chi connectivity index (χ3n) is 3.34. The summed E-state index contributed by atoms with van der Waals surface area (Å²) in [5, 5.41) is 2.77. The lowest BCUT2D eigenvalue weighted by Gasteiger charge is -2.19. The Bertz CT molecular complexity index is 628. The third-order valence-corrected chi connectivity index (χ3v) is 3.34. The second-order valence-corrected chi connectivity index (χ2v) is 6.02. The summed E-state index contributed by atoms with van der Waals surface area (Å²) in [5.74, 6) is -3.84. The van der Waals surface area contributed by atoms with Gasteiger partial charge in [0.2, 0.25) is 0 Å². The smallest absolute Gasteiger partial charge is 0.196 e. The Labute approximate surface area is 122 Å². The molecule has 112 valence electrons. The lowest BCUT2D eigenvalue weighted by molar-refractivity contribution is 0.449. The zero-order valence-corrected chi connectivity index (χ0v) is 12.3. The number of hydrogen-bond acceptors (Lipinski definition) is 1. The fourth-order valence-electron chi connectivity index (χ4n) is 1.98. The Hall–Kier alpha value is -1.97. The second-order valence-electron chi connectivity index (χ2n) is 6.02. The average Bonchev–Trinajstić information content (AvgIpc) is 2.43. The van der Waals surface area contributed by atoms with Crippen LogP contribution in [0.2, 0.25) is 0 Å². The molecule has 2 aromatic rings. The first kappa shape index (κ1) is 15.4. The van der Waals surface area contributed by atoms with Gasteiger partial charge in [0.15, 0.2) is 17.5 Å². The lowest BCUT2D eigenvalue weighted by atomic mass is 9.87. The topological polar surface area (TPSA) is 12.0 Å². The highest BCUT2D eigenvalue weighted by Crippen LogP contribution is 2.23. The van der Waals surface area contributed by atoms with E-state index in [1.165, 1.54) is 11.6 Å². The molecule has 0 unspecified atom stereocenters. The molecule has 2 rings (SSSR count). The summed E-state index contributed by atoms with van der Waals surface area (Å²) in [6.45, 7) is 6.71. The molecule has 0 aromatic heterocycles. The molecule has 0 fully saturated rings. The van der Waals surface area contributed by atoms with E-state index < -0.39 is 17.5 Å². The van der Waals surface area contributed by atoms with Gasteiger partial charge in [-0.25, -0.2) is 13.2 Å². The first-order valence-electron chi connectivity index (χ1n) is 6.76. The van der Waals surface area contributed by atoms with Gasteiger partial charge in [-0.15, -0.1) is 0 Å². The van der Waals surface area contributed by atoms with Crippen LogP contribution in [0.4, 0.5) is 18.9 Å². The van der Waals surface area contributed by atoms with Crippen molar-refractivity contribution in [2.24, 2.45) is 0 Å². The van der Waals surface area contributed by atoms with E-state index in [0.29, 0.717) is 6.54 Å². The normalized spacial score (nSPS) is 11.5. The van der Waals surface area contributed by atoms with Gasteiger partial charge in [-0.3, -0.25) is 0 Å². The van der Waals surface area contributed by atoms with Crippen LogP contribution < -0.4 is 5.32 Å². The van der Waals surface area contributed by atoms with Gasteiger partial charge in [0.05, 0.1) is 5.69 Å². The molecule has 2 aromatic carbocycles. The van der Waals surface area contributed by atoms with Crippen molar-refractivity contribution < 1.29 is 13.2 Å². The molecule has 0 aliphatic rings. The highest BCUT2D eigenvalue weighted by molar-refractivity contribution is 5.46. The van der Waals surface area contributed by atoms with Crippen molar-refractivity contribution in [2.75, 3.05) is 5.32 Å². The highest BCUT2D eigenvalue weighted by Gasteiger charge is 2.14. The SMILES string of the molecule is CC(C)(C)c1ccc(CNc2ccc(F)c(F)c2F)cc1. The van der Waals surface area contributed by atoms with Crippen LogP contribution in [-0.2, 0) is 12.0 Å². The number of nitrogens with one attached hydrogen (secondary N) is 1. The number of hydrogen-bond donors (Lipinski definition) is 1. The van der Waals surface area contributed by atoms with Crippen LogP contribution in [-0.4, -0.2) is 0 Å². The van der Waals surface area contributed by atoms with Crippen LogP contribution in [0.1, 0.15) is 31.9 Å². The van der Waals surface area contributed by atoms with E-state index in [9.17, 15) is 13.2 Å². The van der Waals surface area contributed by atoms with Crippen molar-refractivity contribution in [1.29, 1.82) is 0 Å². The van der Waals surface area contributed by atoms with Gasteiger partial charge in [0.1, 0.15) is 0 Å².